The minimum absolute atomic E-state index is 0.198. The zero-order valence-electron chi connectivity index (χ0n) is 17.3. The lowest BCUT2D eigenvalue weighted by atomic mass is 10.1. The molecule has 5 rings (SSSR count). The number of para-hydroxylation sites is 3. The molecule has 3 N–H and O–H groups in total. The highest BCUT2D eigenvalue weighted by Gasteiger charge is 2.13. The van der Waals surface area contributed by atoms with Crippen LogP contribution < -0.4 is 11.1 Å². The molecule has 0 radical (unpaired) electrons. The number of hydrogen-bond donors (Lipinski definition) is 2. The highest BCUT2D eigenvalue weighted by Crippen LogP contribution is 2.27. The molecule has 2 heterocycles. The van der Waals surface area contributed by atoms with Crippen molar-refractivity contribution in [2.45, 2.75) is 6.54 Å². The number of pyridine rings is 1. The monoisotopic (exact) mass is 419 g/mol. The van der Waals surface area contributed by atoms with E-state index in [4.69, 9.17) is 10.8 Å². The van der Waals surface area contributed by atoms with Gasteiger partial charge in [-0.3, -0.25) is 14.5 Å². The first-order chi connectivity index (χ1) is 15.7. The number of nitrogens with one attached hydrogen (secondary N) is 1. The Bertz CT molecular complexity index is 1390. The fourth-order valence-electron chi connectivity index (χ4n) is 3.68. The van der Waals surface area contributed by atoms with Gasteiger partial charge in [0.25, 0.3) is 5.91 Å². The van der Waals surface area contributed by atoms with Crippen molar-refractivity contribution in [1.29, 1.82) is 0 Å². The number of aromatic nitrogens is 3. The molecule has 156 valence electrons. The summed E-state index contributed by atoms with van der Waals surface area (Å²) in [6.07, 6.45) is 1.77. The molecular weight excluding hydrogens is 398 g/mol. The van der Waals surface area contributed by atoms with Crippen LogP contribution in [0.25, 0.3) is 22.3 Å². The van der Waals surface area contributed by atoms with Crippen molar-refractivity contribution in [2.75, 3.05) is 11.1 Å². The quantitative estimate of drug-likeness (QED) is 0.393. The summed E-state index contributed by atoms with van der Waals surface area (Å²) < 4.78 is 1.97. The highest BCUT2D eigenvalue weighted by atomic mass is 16.1. The maximum atomic E-state index is 12.6. The van der Waals surface area contributed by atoms with Crippen LogP contribution in [0.2, 0.25) is 0 Å². The van der Waals surface area contributed by atoms with Crippen molar-refractivity contribution in [3.05, 3.63) is 108 Å². The van der Waals surface area contributed by atoms with Crippen LogP contribution in [0.15, 0.2) is 97.2 Å². The molecule has 0 aliphatic heterocycles. The SMILES string of the molecule is Nc1ccccc1NC(=O)c1ccc(Cn2nc(-c3ccccn3)c3ccccc32)cc1. The van der Waals surface area contributed by atoms with E-state index in [2.05, 4.69) is 22.4 Å². The number of anilines is 2. The Morgan fingerprint density at radius 1 is 0.875 bits per heavy atom. The van der Waals surface area contributed by atoms with Gasteiger partial charge in [0.1, 0.15) is 5.69 Å². The minimum atomic E-state index is -0.198. The van der Waals surface area contributed by atoms with Crippen LogP contribution in [0, 0.1) is 0 Å². The largest absolute Gasteiger partial charge is 0.397 e. The number of nitrogens with zero attached hydrogens (tertiary/aromatic N) is 3. The van der Waals surface area contributed by atoms with Gasteiger partial charge in [-0.05, 0) is 48.0 Å². The lowest BCUT2D eigenvalue weighted by Crippen LogP contribution is -2.13. The molecule has 32 heavy (non-hydrogen) atoms. The van der Waals surface area contributed by atoms with E-state index in [1.807, 2.05) is 71.4 Å². The average molecular weight is 419 g/mol. The second kappa shape index (κ2) is 8.35. The summed E-state index contributed by atoms with van der Waals surface area (Å²) in [5.41, 5.74) is 11.4. The van der Waals surface area contributed by atoms with Gasteiger partial charge in [-0.15, -0.1) is 0 Å². The Balaban J connectivity index is 1.39. The van der Waals surface area contributed by atoms with E-state index in [9.17, 15) is 4.79 Å². The molecule has 0 saturated heterocycles. The number of benzene rings is 3. The molecule has 0 aliphatic carbocycles. The summed E-state index contributed by atoms with van der Waals surface area (Å²) >= 11 is 0. The highest BCUT2D eigenvalue weighted by molar-refractivity contribution is 6.05. The number of fused-ring (bicyclic) bond motifs is 1. The molecule has 2 aromatic heterocycles. The number of nitrogen functional groups attached to an aromatic ring is 1. The molecule has 0 spiro atoms. The van der Waals surface area contributed by atoms with E-state index < -0.39 is 0 Å². The summed E-state index contributed by atoms with van der Waals surface area (Å²) in [7, 11) is 0. The lowest BCUT2D eigenvalue weighted by molar-refractivity contribution is 0.102. The zero-order chi connectivity index (χ0) is 21.9. The van der Waals surface area contributed by atoms with Gasteiger partial charge >= 0.3 is 0 Å². The van der Waals surface area contributed by atoms with Crippen LogP contribution in [-0.4, -0.2) is 20.7 Å². The fraction of sp³-hybridized carbons (Fsp3) is 0.0385. The first kappa shape index (κ1) is 19.5. The molecule has 3 aromatic carbocycles. The van der Waals surface area contributed by atoms with Crippen molar-refractivity contribution >= 4 is 28.2 Å². The normalized spacial score (nSPS) is 10.9. The number of amides is 1. The van der Waals surface area contributed by atoms with E-state index in [0.29, 0.717) is 23.5 Å². The Kier molecular flexibility index (Phi) is 5.09. The number of hydrogen-bond acceptors (Lipinski definition) is 4. The predicted octanol–water partition coefficient (Wildman–Crippen LogP) is 4.98. The van der Waals surface area contributed by atoms with E-state index in [0.717, 1.165) is 27.9 Å². The average Bonchev–Trinajstić information content (AvgIpc) is 3.20. The van der Waals surface area contributed by atoms with Gasteiger partial charge in [0.15, 0.2) is 0 Å². The molecule has 0 bridgehead atoms. The molecule has 5 aromatic rings. The van der Waals surface area contributed by atoms with Gasteiger partial charge in [-0.2, -0.15) is 5.10 Å². The Labute approximate surface area is 185 Å². The molecule has 1 amide bonds. The lowest BCUT2D eigenvalue weighted by Gasteiger charge is -2.09. The molecule has 0 atom stereocenters. The van der Waals surface area contributed by atoms with Crippen molar-refractivity contribution in [1.82, 2.24) is 14.8 Å². The van der Waals surface area contributed by atoms with Gasteiger partial charge in [-0.25, -0.2) is 0 Å². The summed E-state index contributed by atoms with van der Waals surface area (Å²) in [4.78, 5) is 17.0. The molecule has 0 unspecified atom stereocenters. The molecule has 6 nitrogen and oxygen atoms in total. The van der Waals surface area contributed by atoms with E-state index in [1.165, 1.54) is 0 Å². The summed E-state index contributed by atoms with van der Waals surface area (Å²) in [5.74, 6) is -0.198. The third-order valence-electron chi connectivity index (χ3n) is 5.32. The second-order valence-electron chi connectivity index (χ2n) is 7.48. The van der Waals surface area contributed by atoms with E-state index in [-0.39, 0.29) is 5.91 Å². The van der Waals surface area contributed by atoms with Crippen LogP contribution in [0.4, 0.5) is 11.4 Å². The van der Waals surface area contributed by atoms with Crippen molar-refractivity contribution < 1.29 is 4.79 Å². The van der Waals surface area contributed by atoms with Crippen LogP contribution in [-0.2, 0) is 6.54 Å². The van der Waals surface area contributed by atoms with E-state index >= 15 is 0 Å². The van der Waals surface area contributed by atoms with Crippen LogP contribution >= 0.6 is 0 Å². The number of carbonyl (C=O) groups excluding carboxylic acids is 1. The van der Waals surface area contributed by atoms with Crippen LogP contribution in [0.3, 0.4) is 0 Å². The first-order valence-corrected chi connectivity index (χ1v) is 10.3. The van der Waals surface area contributed by atoms with Crippen LogP contribution in [0.5, 0.6) is 0 Å². The second-order valence-corrected chi connectivity index (χ2v) is 7.48. The van der Waals surface area contributed by atoms with Crippen LogP contribution in [0.1, 0.15) is 15.9 Å². The van der Waals surface area contributed by atoms with Gasteiger partial charge in [0.05, 0.1) is 29.1 Å². The van der Waals surface area contributed by atoms with E-state index in [1.54, 1.807) is 18.3 Å². The molecule has 0 fully saturated rings. The molecular formula is C26H21N5O. The van der Waals surface area contributed by atoms with Gasteiger partial charge < -0.3 is 11.1 Å². The zero-order valence-corrected chi connectivity index (χ0v) is 17.3. The van der Waals surface area contributed by atoms with Crippen molar-refractivity contribution in [2.24, 2.45) is 0 Å². The Morgan fingerprint density at radius 3 is 2.41 bits per heavy atom. The number of carbonyl (C=O) groups is 1. The van der Waals surface area contributed by atoms with Crippen molar-refractivity contribution in [3.8, 4) is 11.4 Å². The van der Waals surface area contributed by atoms with Gasteiger partial charge in [0, 0.05) is 17.1 Å². The number of nitrogens with two attached hydrogens (primary N) is 1. The number of rotatable bonds is 5. The predicted molar refractivity (Wildman–Crippen MR) is 127 cm³/mol. The molecule has 0 aliphatic rings. The molecule has 6 heteroatoms. The maximum Gasteiger partial charge on any atom is 0.255 e. The minimum Gasteiger partial charge on any atom is -0.397 e. The third kappa shape index (κ3) is 3.81. The summed E-state index contributed by atoms with van der Waals surface area (Å²) in [5, 5.41) is 8.75. The standard InChI is InChI=1S/C26H21N5O/c27-21-8-2-3-9-22(21)29-26(32)19-14-12-18(13-15-19)17-31-24-11-4-1-7-20(24)25(30-31)23-10-5-6-16-28-23/h1-16H,17,27H2,(H,29,32). The Hall–Kier alpha value is -4.45. The summed E-state index contributed by atoms with van der Waals surface area (Å²) in [6, 6.07) is 28.7. The smallest absolute Gasteiger partial charge is 0.255 e. The first-order valence-electron chi connectivity index (χ1n) is 10.3. The van der Waals surface area contributed by atoms with Crippen molar-refractivity contribution in [3.63, 3.8) is 0 Å². The third-order valence-corrected chi connectivity index (χ3v) is 5.32. The Morgan fingerprint density at radius 2 is 1.62 bits per heavy atom. The van der Waals surface area contributed by atoms with Gasteiger partial charge in [0.2, 0.25) is 0 Å². The molecule has 0 saturated carbocycles. The van der Waals surface area contributed by atoms with Gasteiger partial charge in [-0.1, -0.05) is 48.5 Å². The summed E-state index contributed by atoms with van der Waals surface area (Å²) in [6.45, 7) is 0.584. The fourth-order valence-corrected chi connectivity index (χ4v) is 3.68. The maximum absolute atomic E-state index is 12.6. The topological polar surface area (TPSA) is 85.8 Å².